The lowest BCUT2D eigenvalue weighted by Crippen LogP contribution is -2.51. The molecule has 0 aromatic carbocycles. The number of nitrogens with zero attached hydrogens (tertiary/aromatic N) is 1. The molecule has 0 fully saturated rings. The van der Waals surface area contributed by atoms with E-state index in [-0.39, 0.29) is 19.3 Å². The van der Waals surface area contributed by atoms with Crippen molar-refractivity contribution in [1.29, 1.82) is 0 Å². The molecule has 0 aliphatic heterocycles. The number of rotatable bonds is 30. The van der Waals surface area contributed by atoms with Gasteiger partial charge in [-0.15, -0.1) is 0 Å². The minimum atomic E-state index is -1.08. The fraction of sp³-hybridized carbons (Fsp3) is 0.844. The van der Waals surface area contributed by atoms with Gasteiger partial charge in [0, 0.05) is 25.2 Å². The summed E-state index contributed by atoms with van der Waals surface area (Å²) >= 11 is 0. The highest BCUT2D eigenvalue weighted by Crippen LogP contribution is 2.18. The van der Waals surface area contributed by atoms with Crippen LogP contribution in [0.1, 0.15) is 148 Å². The first-order valence-electron chi connectivity index (χ1n) is 15.9. The van der Waals surface area contributed by atoms with Crippen molar-refractivity contribution in [2.75, 3.05) is 26.2 Å². The zero-order chi connectivity index (χ0) is 29.0. The Hall–Kier alpha value is -1.89. The first kappa shape index (κ1) is 37.1. The molecule has 0 aromatic rings. The summed E-state index contributed by atoms with van der Waals surface area (Å²) in [5, 5.41) is 29.1. The number of hydrogen-bond donors (Lipinski definition) is 2. The number of carboxylic acids is 3. The van der Waals surface area contributed by atoms with Gasteiger partial charge in [0.2, 0.25) is 0 Å². The Kier molecular flexibility index (Phi) is 25.1. The third-order valence-corrected chi connectivity index (χ3v) is 7.70. The van der Waals surface area contributed by atoms with Crippen LogP contribution in [-0.2, 0) is 14.4 Å². The van der Waals surface area contributed by atoms with E-state index in [9.17, 15) is 19.5 Å². The third-order valence-electron chi connectivity index (χ3n) is 7.70. The monoisotopic (exact) mass is 553 g/mol. The van der Waals surface area contributed by atoms with Crippen molar-refractivity contribution in [1.82, 2.24) is 0 Å². The lowest BCUT2D eigenvalue weighted by atomic mass is 10.0. The van der Waals surface area contributed by atoms with Crippen molar-refractivity contribution in [3.8, 4) is 0 Å². The van der Waals surface area contributed by atoms with Crippen LogP contribution in [0.25, 0.3) is 0 Å². The van der Waals surface area contributed by atoms with Crippen LogP contribution in [-0.4, -0.2) is 58.8 Å². The second kappa shape index (κ2) is 26.3. The van der Waals surface area contributed by atoms with Gasteiger partial charge < -0.3 is 24.6 Å². The van der Waals surface area contributed by atoms with Crippen LogP contribution in [0.3, 0.4) is 0 Å². The summed E-state index contributed by atoms with van der Waals surface area (Å²) in [7, 11) is 0. The van der Waals surface area contributed by atoms with E-state index in [2.05, 4.69) is 19.1 Å². The van der Waals surface area contributed by atoms with Gasteiger partial charge in [0.25, 0.3) is 0 Å². The Balaban J connectivity index is 4.23. The van der Waals surface area contributed by atoms with Crippen LogP contribution in [0.5, 0.6) is 0 Å². The molecule has 2 N–H and O–H groups in total. The number of unbranched alkanes of at least 4 members (excludes halogenated alkanes) is 14. The maximum Gasteiger partial charge on any atom is 0.303 e. The highest BCUT2D eigenvalue weighted by atomic mass is 16.4. The topological polar surface area (TPSA) is 115 Å². The molecule has 0 atom stereocenters. The van der Waals surface area contributed by atoms with Crippen molar-refractivity contribution in [2.24, 2.45) is 0 Å². The van der Waals surface area contributed by atoms with Crippen LogP contribution in [0.4, 0.5) is 0 Å². The second-order valence-corrected chi connectivity index (χ2v) is 11.4. The van der Waals surface area contributed by atoms with Gasteiger partial charge in [-0.25, -0.2) is 0 Å². The third kappa shape index (κ3) is 26.1. The fourth-order valence-electron chi connectivity index (χ4n) is 5.41. The largest absolute Gasteiger partial charge is 0.550 e. The summed E-state index contributed by atoms with van der Waals surface area (Å²) in [5.41, 5.74) is 0. The van der Waals surface area contributed by atoms with Gasteiger partial charge in [0.15, 0.2) is 0 Å². The summed E-state index contributed by atoms with van der Waals surface area (Å²) < 4.78 is 0.594. The molecule has 0 amide bonds. The molecule has 0 aliphatic rings. The van der Waals surface area contributed by atoms with Gasteiger partial charge in [0.1, 0.15) is 0 Å². The minimum absolute atomic E-state index is 0.0281. The maximum absolute atomic E-state index is 11.0. The van der Waals surface area contributed by atoms with Crippen LogP contribution >= 0.6 is 0 Å². The van der Waals surface area contributed by atoms with E-state index < -0.39 is 17.9 Å². The quantitative estimate of drug-likeness (QED) is 0.0569. The van der Waals surface area contributed by atoms with Crippen LogP contribution in [0.15, 0.2) is 12.2 Å². The summed E-state index contributed by atoms with van der Waals surface area (Å²) in [5.74, 6) is -2.76. The van der Waals surface area contributed by atoms with Crippen molar-refractivity contribution >= 4 is 17.9 Å². The molecule has 0 bridgehead atoms. The van der Waals surface area contributed by atoms with E-state index in [0.717, 1.165) is 32.2 Å². The van der Waals surface area contributed by atoms with E-state index in [0.29, 0.717) is 43.4 Å². The molecule has 7 nitrogen and oxygen atoms in total. The molecule has 0 aliphatic carbocycles. The Morgan fingerprint density at radius 1 is 0.538 bits per heavy atom. The van der Waals surface area contributed by atoms with E-state index in [1.165, 1.54) is 77.0 Å². The average Bonchev–Trinajstić information content (AvgIpc) is 2.87. The summed E-state index contributed by atoms with van der Waals surface area (Å²) in [6.45, 7) is 4.96. The zero-order valence-corrected chi connectivity index (χ0v) is 25.0. The normalized spacial score (nSPS) is 11.8. The lowest BCUT2D eigenvalue weighted by Gasteiger charge is -2.39. The summed E-state index contributed by atoms with van der Waals surface area (Å²) in [6, 6.07) is 0. The maximum atomic E-state index is 11.0. The molecule has 0 heterocycles. The molecular formula is C32H59NO6. The lowest BCUT2D eigenvalue weighted by molar-refractivity contribution is -0.929. The van der Waals surface area contributed by atoms with Crippen molar-refractivity contribution in [3.63, 3.8) is 0 Å². The molecule has 0 rings (SSSR count). The number of carboxylic acid groups (broad SMARTS) is 3. The minimum Gasteiger partial charge on any atom is -0.550 e. The number of hydrogen-bond acceptors (Lipinski definition) is 4. The van der Waals surface area contributed by atoms with Gasteiger partial charge in [-0.2, -0.15) is 0 Å². The Morgan fingerprint density at radius 2 is 0.897 bits per heavy atom. The molecule has 0 saturated carbocycles. The number of carbonyl (C=O) groups is 3. The average molecular weight is 554 g/mol. The molecule has 0 saturated heterocycles. The van der Waals surface area contributed by atoms with Crippen molar-refractivity contribution in [2.45, 2.75) is 148 Å². The van der Waals surface area contributed by atoms with E-state index in [4.69, 9.17) is 10.2 Å². The van der Waals surface area contributed by atoms with Crippen molar-refractivity contribution < 1.29 is 34.2 Å². The van der Waals surface area contributed by atoms with Gasteiger partial charge in [-0.05, 0) is 38.5 Å². The molecule has 0 aromatic heterocycles. The van der Waals surface area contributed by atoms with Crippen LogP contribution in [0, 0.1) is 0 Å². The first-order valence-corrected chi connectivity index (χ1v) is 15.9. The Morgan fingerprint density at radius 3 is 1.31 bits per heavy atom. The van der Waals surface area contributed by atoms with Crippen LogP contribution in [0.2, 0.25) is 0 Å². The van der Waals surface area contributed by atoms with Gasteiger partial charge >= 0.3 is 11.9 Å². The molecule has 0 spiro atoms. The van der Waals surface area contributed by atoms with Crippen molar-refractivity contribution in [3.05, 3.63) is 12.2 Å². The standard InChI is InChI=1S/C32H59NO6/c1-2-3-4-5-6-7-8-9-10-11-12-13-14-15-16-17-18-19-26-33(27-20-23-30(34)35,28-21-24-31(36)37)29-22-25-32(38)39/h15-16H,2-14,17-29H2,1H3,(H2-,34,35,36,37,38,39)/b16-15+. The molecule has 7 heteroatoms. The van der Waals surface area contributed by atoms with Gasteiger partial charge in [-0.3, -0.25) is 9.59 Å². The molecule has 39 heavy (non-hydrogen) atoms. The second-order valence-electron chi connectivity index (χ2n) is 11.4. The van der Waals surface area contributed by atoms with Gasteiger partial charge in [0.05, 0.1) is 39.0 Å². The van der Waals surface area contributed by atoms with E-state index in [1.807, 2.05) is 0 Å². The Bertz CT molecular complexity index is 598. The number of allylic oxidation sites excluding steroid dienone is 2. The summed E-state index contributed by atoms with van der Waals surface area (Å²) in [6.07, 6.45) is 26.6. The van der Waals surface area contributed by atoms with E-state index >= 15 is 0 Å². The predicted octanol–water partition coefficient (Wildman–Crippen LogP) is 6.88. The van der Waals surface area contributed by atoms with Crippen LogP contribution < -0.4 is 5.11 Å². The molecule has 0 unspecified atom stereocenters. The smallest absolute Gasteiger partial charge is 0.303 e. The molecule has 0 radical (unpaired) electrons. The molecule has 228 valence electrons. The number of aliphatic carboxylic acids is 3. The first-order chi connectivity index (χ1) is 18.8. The number of carbonyl (C=O) groups excluding carboxylic acids is 1. The summed E-state index contributed by atoms with van der Waals surface area (Å²) in [4.78, 5) is 33.0. The fourth-order valence-corrected chi connectivity index (χ4v) is 5.41. The SMILES string of the molecule is CCCCCCCCCCCCCC/C=C/CCCC[N+](CCCC(=O)[O-])(CCCC(=O)O)CCCC(=O)O. The highest BCUT2D eigenvalue weighted by molar-refractivity contribution is 5.66. The van der Waals surface area contributed by atoms with Gasteiger partial charge in [-0.1, -0.05) is 89.7 Å². The predicted molar refractivity (Wildman–Crippen MR) is 156 cm³/mol. The molecular weight excluding hydrogens is 494 g/mol. The van der Waals surface area contributed by atoms with E-state index in [1.54, 1.807) is 0 Å². The highest BCUT2D eigenvalue weighted by Gasteiger charge is 2.26. The number of quaternary nitrogens is 1. The zero-order valence-electron chi connectivity index (χ0n) is 25.0. The Labute approximate surface area is 238 Å².